The first-order chi connectivity index (χ1) is 6.74. The van der Waals surface area contributed by atoms with Gasteiger partial charge < -0.3 is 15.0 Å². The molecule has 78 valence electrons. The van der Waals surface area contributed by atoms with Crippen molar-refractivity contribution in [1.29, 1.82) is 0 Å². The van der Waals surface area contributed by atoms with E-state index in [-0.39, 0.29) is 0 Å². The fourth-order valence-electron chi connectivity index (χ4n) is 1.09. The molecule has 1 rings (SSSR count). The molecular formula is C10H17N3O. The second-order valence-corrected chi connectivity index (χ2v) is 3.28. The topological polar surface area (TPSA) is 37.4 Å². The molecule has 0 fully saturated rings. The maximum absolute atomic E-state index is 5.16. The van der Waals surface area contributed by atoms with Crippen LogP contribution in [0.5, 0.6) is 5.75 Å². The van der Waals surface area contributed by atoms with Gasteiger partial charge in [-0.3, -0.25) is 0 Å². The summed E-state index contributed by atoms with van der Waals surface area (Å²) in [5.74, 6) is 1.59. The van der Waals surface area contributed by atoms with Crippen molar-refractivity contribution in [1.82, 2.24) is 9.88 Å². The SMILES string of the molecule is COc1cccnc1NCCN(C)C. The van der Waals surface area contributed by atoms with E-state index in [2.05, 4.69) is 15.2 Å². The zero-order valence-corrected chi connectivity index (χ0v) is 8.95. The third kappa shape index (κ3) is 3.22. The first-order valence-corrected chi connectivity index (χ1v) is 4.61. The lowest BCUT2D eigenvalue weighted by Gasteiger charge is -2.12. The largest absolute Gasteiger partial charge is 0.493 e. The molecule has 0 radical (unpaired) electrons. The van der Waals surface area contributed by atoms with Gasteiger partial charge in [0.05, 0.1) is 7.11 Å². The summed E-state index contributed by atoms with van der Waals surface area (Å²) in [4.78, 5) is 6.31. The number of hydrogen-bond donors (Lipinski definition) is 1. The predicted octanol–water partition coefficient (Wildman–Crippen LogP) is 1.06. The summed E-state index contributed by atoms with van der Waals surface area (Å²) in [6.45, 7) is 1.83. The van der Waals surface area contributed by atoms with E-state index in [1.807, 2.05) is 26.2 Å². The van der Waals surface area contributed by atoms with Gasteiger partial charge >= 0.3 is 0 Å². The molecule has 0 aliphatic rings. The molecule has 4 nitrogen and oxygen atoms in total. The van der Waals surface area contributed by atoms with Gasteiger partial charge in [-0.15, -0.1) is 0 Å². The van der Waals surface area contributed by atoms with Crippen LogP contribution in [0, 0.1) is 0 Å². The van der Waals surface area contributed by atoms with Crippen LogP contribution in [-0.2, 0) is 0 Å². The highest BCUT2D eigenvalue weighted by Gasteiger charge is 2.01. The molecule has 0 bridgehead atoms. The van der Waals surface area contributed by atoms with Gasteiger partial charge in [-0.1, -0.05) is 0 Å². The Labute approximate surface area is 84.9 Å². The highest BCUT2D eigenvalue weighted by atomic mass is 16.5. The van der Waals surface area contributed by atoms with Crippen molar-refractivity contribution in [3.05, 3.63) is 18.3 Å². The average molecular weight is 195 g/mol. The van der Waals surface area contributed by atoms with Gasteiger partial charge in [0.1, 0.15) is 0 Å². The summed E-state index contributed by atoms with van der Waals surface area (Å²) in [5.41, 5.74) is 0. The van der Waals surface area contributed by atoms with Crippen LogP contribution in [-0.4, -0.2) is 44.2 Å². The first-order valence-electron chi connectivity index (χ1n) is 4.61. The van der Waals surface area contributed by atoms with E-state index in [4.69, 9.17) is 4.74 Å². The number of ether oxygens (including phenoxy) is 1. The molecule has 0 aliphatic heterocycles. The molecule has 1 N–H and O–H groups in total. The number of aromatic nitrogens is 1. The van der Waals surface area contributed by atoms with E-state index in [9.17, 15) is 0 Å². The summed E-state index contributed by atoms with van der Waals surface area (Å²) in [6, 6.07) is 3.75. The molecule has 1 aromatic rings. The summed E-state index contributed by atoms with van der Waals surface area (Å²) >= 11 is 0. The smallest absolute Gasteiger partial charge is 0.168 e. The Balaban J connectivity index is 2.49. The fraction of sp³-hybridized carbons (Fsp3) is 0.500. The van der Waals surface area contributed by atoms with E-state index >= 15 is 0 Å². The number of likely N-dealkylation sites (N-methyl/N-ethyl adjacent to an activating group) is 1. The number of nitrogens with zero attached hydrogens (tertiary/aromatic N) is 2. The number of pyridine rings is 1. The Hall–Kier alpha value is -1.29. The number of rotatable bonds is 5. The van der Waals surface area contributed by atoms with Crippen LogP contribution >= 0.6 is 0 Å². The summed E-state index contributed by atoms with van der Waals surface area (Å²) < 4.78 is 5.16. The van der Waals surface area contributed by atoms with Gasteiger partial charge in [-0.2, -0.15) is 0 Å². The van der Waals surface area contributed by atoms with Crippen molar-refractivity contribution in [2.45, 2.75) is 0 Å². The lowest BCUT2D eigenvalue weighted by atomic mass is 10.4. The van der Waals surface area contributed by atoms with Gasteiger partial charge in [0.25, 0.3) is 0 Å². The van der Waals surface area contributed by atoms with Crippen molar-refractivity contribution < 1.29 is 4.74 Å². The Morgan fingerprint density at radius 2 is 2.29 bits per heavy atom. The second-order valence-electron chi connectivity index (χ2n) is 3.28. The van der Waals surface area contributed by atoms with Crippen molar-refractivity contribution in [2.75, 3.05) is 39.6 Å². The van der Waals surface area contributed by atoms with E-state index in [1.165, 1.54) is 0 Å². The van der Waals surface area contributed by atoms with E-state index in [0.717, 1.165) is 24.7 Å². The third-order valence-corrected chi connectivity index (χ3v) is 1.84. The molecule has 0 atom stereocenters. The van der Waals surface area contributed by atoms with Gasteiger partial charge in [0, 0.05) is 19.3 Å². The summed E-state index contributed by atoms with van der Waals surface area (Å²) in [7, 11) is 5.73. The van der Waals surface area contributed by atoms with Gasteiger partial charge in [0.15, 0.2) is 11.6 Å². The Bertz CT molecular complexity index is 276. The minimum Gasteiger partial charge on any atom is -0.493 e. The van der Waals surface area contributed by atoms with Crippen LogP contribution < -0.4 is 10.1 Å². The van der Waals surface area contributed by atoms with Gasteiger partial charge in [-0.25, -0.2) is 4.98 Å². The maximum atomic E-state index is 5.16. The Kier molecular flexibility index (Phi) is 4.19. The minimum absolute atomic E-state index is 0.784. The summed E-state index contributed by atoms with van der Waals surface area (Å²) in [6.07, 6.45) is 1.75. The van der Waals surface area contributed by atoms with Crippen LogP contribution in [0.1, 0.15) is 0 Å². The normalized spacial score (nSPS) is 10.3. The molecule has 0 unspecified atom stereocenters. The summed E-state index contributed by atoms with van der Waals surface area (Å²) in [5, 5.41) is 3.22. The van der Waals surface area contributed by atoms with Crippen molar-refractivity contribution in [2.24, 2.45) is 0 Å². The molecule has 0 aromatic carbocycles. The van der Waals surface area contributed by atoms with Crippen LogP contribution in [0.25, 0.3) is 0 Å². The molecular weight excluding hydrogens is 178 g/mol. The minimum atomic E-state index is 0.784. The van der Waals surface area contributed by atoms with Crippen LogP contribution in [0.4, 0.5) is 5.82 Å². The van der Waals surface area contributed by atoms with E-state index in [0.29, 0.717) is 0 Å². The number of nitrogens with one attached hydrogen (secondary N) is 1. The Morgan fingerprint density at radius 1 is 1.50 bits per heavy atom. The second kappa shape index (κ2) is 5.44. The fourth-order valence-corrected chi connectivity index (χ4v) is 1.09. The number of anilines is 1. The van der Waals surface area contributed by atoms with Crippen molar-refractivity contribution >= 4 is 5.82 Å². The van der Waals surface area contributed by atoms with Crippen LogP contribution in [0.15, 0.2) is 18.3 Å². The Morgan fingerprint density at radius 3 is 2.93 bits per heavy atom. The molecule has 0 amide bonds. The molecule has 0 spiro atoms. The van der Waals surface area contributed by atoms with Gasteiger partial charge in [-0.05, 0) is 26.2 Å². The molecule has 1 aromatic heterocycles. The van der Waals surface area contributed by atoms with E-state index < -0.39 is 0 Å². The maximum Gasteiger partial charge on any atom is 0.168 e. The zero-order valence-electron chi connectivity index (χ0n) is 8.95. The lowest BCUT2D eigenvalue weighted by Crippen LogP contribution is -2.21. The molecule has 0 aliphatic carbocycles. The van der Waals surface area contributed by atoms with Crippen molar-refractivity contribution in [3.63, 3.8) is 0 Å². The zero-order chi connectivity index (χ0) is 10.4. The quantitative estimate of drug-likeness (QED) is 0.762. The highest BCUT2D eigenvalue weighted by molar-refractivity contribution is 5.49. The molecule has 0 saturated heterocycles. The highest BCUT2D eigenvalue weighted by Crippen LogP contribution is 2.19. The average Bonchev–Trinajstić information content (AvgIpc) is 2.18. The third-order valence-electron chi connectivity index (χ3n) is 1.84. The number of hydrogen-bond acceptors (Lipinski definition) is 4. The standard InChI is InChI=1S/C10H17N3O/c1-13(2)8-7-12-10-9(14-3)5-4-6-11-10/h4-6H,7-8H2,1-3H3,(H,11,12). The lowest BCUT2D eigenvalue weighted by molar-refractivity contribution is 0.411. The molecule has 0 saturated carbocycles. The van der Waals surface area contributed by atoms with Crippen molar-refractivity contribution in [3.8, 4) is 5.75 Å². The van der Waals surface area contributed by atoms with Gasteiger partial charge in [0.2, 0.25) is 0 Å². The molecule has 1 heterocycles. The monoisotopic (exact) mass is 195 g/mol. The molecule has 4 heteroatoms. The van der Waals surface area contributed by atoms with Crippen LogP contribution in [0.2, 0.25) is 0 Å². The first kappa shape index (κ1) is 10.8. The number of methoxy groups -OCH3 is 1. The van der Waals surface area contributed by atoms with Crippen LogP contribution in [0.3, 0.4) is 0 Å². The predicted molar refractivity (Wildman–Crippen MR) is 57.8 cm³/mol. The van der Waals surface area contributed by atoms with E-state index in [1.54, 1.807) is 13.3 Å². The molecule has 14 heavy (non-hydrogen) atoms.